The summed E-state index contributed by atoms with van der Waals surface area (Å²) in [5, 5.41) is 0. The van der Waals surface area contributed by atoms with Crippen LogP contribution in [-0.4, -0.2) is 6.04 Å². The van der Waals surface area contributed by atoms with Crippen LogP contribution in [0.1, 0.15) is 0 Å². The van der Waals surface area contributed by atoms with Gasteiger partial charge in [-0.3, -0.25) is 0 Å². The van der Waals surface area contributed by atoms with Gasteiger partial charge in [0.15, 0.2) is 0 Å². The van der Waals surface area contributed by atoms with Crippen LogP contribution in [0.4, 0.5) is 0 Å². The molecule has 0 bridgehead atoms. The van der Waals surface area contributed by atoms with Gasteiger partial charge in [-0.1, -0.05) is 24.3 Å². The van der Waals surface area contributed by atoms with Crippen LogP contribution in [0.25, 0.3) is 0 Å². The van der Waals surface area contributed by atoms with Crippen molar-refractivity contribution in [1.29, 1.82) is 0 Å². The predicted octanol–water partition coefficient (Wildman–Crippen LogP) is 0.244. The maximum Gasteiger partial charge on any atom is 0.0844 e. The zero-order valence-corrected chi connectivity index (χ0v) is 4.96. The lowest BCUT2D eigenvalue weighted by Crippen LogP contribution is -2.29. The fraction of sp³-hybridized carbons (Fsp3) is 0.286. The molecule has 1 saturated heterocycles. The highest BCUT2D eigenvalue weighted by Gasteiger charge is 2.23. The van der Waals surface area contributed by atoms with Gasteiger partial charge in [-0.2, -0.15) is 0 Å². The first-order valence-electron chi connectivity index (χ1n) is 3.08. The third kappa shape index (κ3) is 0.802. The molecule has 0 spiro atoms. The Kier molecular flexibility index (Phi) is 1.14. The third-order valence-corrected chi connectivity index (χ3v) is 1.61. The number of hydrazine groups is 1. The molecule has 2 rings (SSSR count). The van der Waals surface area contributed by atoms with E-state index in [2.05, 4.69) is 29.5 Å². The fourth-order valence-electron chi connectivity index (χ4n) is 1.09. The lowest BCUT2D eigenvalue weighted by molar-refractivity contribution is 0.601. The molecular formula is C7H8N2. The summed E-state index contributed by atoms with van der Waals surface area (Å²) >= 11 is 0. The Bertz CT molecular complexity index is 142. The quantitative estimate of drug-likeness (QED) is 0.478. The standard InChI is InChI=1S/C7H8N2/c1-2-4-7-6(3-1)5-8-9-7/h1-4,6-9H. The van der Waals surface area contributed by atoms with E-state index in [1.807, 2.05) is 12.2 Å². The summed E-state index contributed by atoms with van der Waals surface area (Å²) in [6.45, 7) is 3.06. The Morgan fingerprint density at radius 3 is 3.00 bits per heavy atom. The average Bonchev–Trinajstić information content (AvgIpc) is 2.33. The fourth-order valence-corrected chi connectivity index (χ4v) is 1.09. The van der Waals surface area contributed by atoms with E-state index in [9.17, 15) is 0 Å². The molecule has 1 fully saturated rings. The zero-order valence-electron chi connectivity index (χ0n) is 4.96. The molecule has 2 atom stereocenters. The molecule has 0 aromatic rings. The smallest absolute Gasteiger partial charge is 0.0844 e. The van der Waals surface area contributed by atoms with Crippen molar-refractivity contribution in [2.45, 2.75) is 6.04 Å². The summed E-state index contributed by atoms with van der Waals surface area (Å²) in [6, 6.07) is 0.426. The number of nitrogens with one attached hydrogen (secondary N) is 2. The van der Waals surface area contributed by atoms with Gasteiger partial charge in [0.2, 0.25) is 0 Å². The molecule has 2 N–H and O–H groups in total. The van der Waals surface area contributed by atoms with Gasteiger partial charge in [-0.15, -0.1) is 0 Å². The Labute approximate surface area is 54.6 Å². The van der Waals surface area contributed by atoms with Crippen LogP contribution in [0.5, 0.6) is 0 Å². The molecule has 0 aromatic heterocycles. The first kappa shape index (κ1) is 5.21. The maximum absolute atomic E-state index is 3.06. The Balaban J connectivity index is 2.18. The highest BCUT2D eigenvalue weighted by atomic mass is 15.4. The number of allylic oxidation sites excluding steroid dienone is 2. The second-order valence-corrected chi connectivity index (χ2v) is 2.24. The number of rotatable bonds is 0. The Morgan fingerprint density at radius 1 is 1.22 bits per heavy atom. The van der Waals surface area contributed by atoms with Crippen LogP contribution in [0.3, 0.4) is 0 Å². The maximum atomic E-state index is 3.06. The van der Waals surface area contributed by atoms with Crippen molar-refractivity contribution in [3.8, 4) is 0 Å². The molecule has 2 unspecified atom stereocenters. The van der Waals surface area contributed by atoms with Crippen LogP contribution in [0.2, 0.25) is 0 Å². The first-order valence-corrected chi connectivity index (χ1v) is 3.08. The molecule has 0 amide bonds. The number of hydrogen-bond acceptors (Lipinski definition) is 2. The van der Waals surface area contributed by atoms with Gasteiger partial charge in [0.1, 0.15) is 0 Å². The average molecular weight is 120 g/mol. The van der Waals surface area contributed by atoms with Gasteiger partial charge in [-0.05, 0) is 0 Å². The Morgan fingerprint density at radius 2 is 2.11 bits per heavy atom. The molecule has 1 heterocycles. The second kappa shape index (κ2) is 1.97. The zero-order chi connectivity index (χ0) is 6.10. The van der Waals surface area contributed by atoms with Crippen molar-refractivity contribution in [1.82, 2.24) is 10.9 Å². The molecule has 0 aromatic carbocycles. The molecule has 0 saturated carbocycles. The van der Waals surface area contributed by atoms with Gasteiger partial charge in [0, 0.05) is 12.0 Å². The first-order chi connectivity index (χ1) is 4.47. The number of fused-ring (bicyclic) bond motifs is 1. The van der Waals surface area contributed by atoms with Crippen LogP contribution in [0.15, 0.2) is 24.3 Å². The molecule has 2 radical (unpaired) electrons. The van der Waals surface area contributed by atoms with Crippen LogP contribution >= 0.6 is 0 Å². The highest BCUT2D eigenvalue weighted by Crippen LogP contribution is 2.17. The lowest BCUT2D eigenvalue weighted by atomic mass is 9.98. The van der Waals surface area contributed by atoms with Crippen molar-refractivity contribution >= 4 is 0 Å². The topological polar surface area (TPSA) is 24.1 Å². The predicted molar refractivity (Wildman–Crippen MR) is 35.1 cm³/mol. The van der Waals surface area contributed by atoms with E-state index in [1.165, 1.54) is 0 Å². The minimum Gasteiger partial charge on any atom is -0.250 e. The lowest BCUT2D eigenvalue weighted by Gasteiger charge is -2.11. The summed E-state index contributed by atoms with van der Waals surface area (Å²) in [4.78, 5) is 0. The SMILES string of the molecule is [C]1NNC2C=CC=CC12. The number of hydrogen-bond donors (Lipinski definition) is 2. The molecule has 2 nitrogen and oxygen atoms in total. The van der Waals surface area contributed by atoms with Gasteiger partial charge < -0.3 is 0 Å². The van der Waals surface area contributed by atoms with Crippen LogP contribution < -0.4 is 10.9 Å². The van der Waals surface area contributed by atoms with Crippen molar-refractivity contribution < 1.29 is 0 Å². The molecule has 46 valence electrons. The van der Waals surface area contributed by atoms with E-state index in [1.54, 1.807) is 0 Å². The molecule has 1 aliphatic heterocycles. The highest BCUT2D eigenvalue weighted by molar-refractivity contribution is 5.21. The summed E-state index contributed by atoms with van der Waals surface area (Å²) < 4.78 is 0. The molecule has 1 aliphatic carbocycles. The van der Waals surface area contributed by atoms with Crippen molar-refractivity contribution in [3.63, 3.8) is 0 Å². The molecular weight excluding hydrogens is 112 g/mol. The minimum absolute atomic E-state index is 0.426. The van der Waals surface area contributed by atoms with Crippen LogP contribution in [-0.2, 0) is 0 Å². The van der Waals surface area contributed by atoms with Crippen molar-refractivity contribution in [2.24, 2.45) is 5.92 Å². The van der Waals surface area contributed by atoms with E-state index < -0.39 is 0 Å². The van der Waals surface area contributed by atoms with Crippen LogP contribution in [0, 0.1) is 12.5 Å². The minimum atomic E-state index is 0.426. The van der Waals surface area contributed by atoms with Crippen molar-refractivity contribution in [3.05, 3.63) is 30.8 Å². The molecule has 2 aliphatic rings. The van der Waals surface area contributed by atoms with E-state index in [0.29, 0.717) is 12.0 Å². The monoisotopic (exact) mass is 120 g/mol. The van der Waals surface area contributed by atoms with E-state index in [4.69, 9.17) is 0 Å². The molecule has 2 heteroatoms. The Hall–Kier alpha value is -0.600. The summed E-state index contributed by atoms with van der Waals surface area (Å²) in [6.07, 6.45) is 8.33. The largest absolute Gasteiger partial charge is 0.250 e. The van der Waals surface area contributed by atoms with Crippen molar-refractivity contribution in [2.75, 3.05) is 0 Å². The summed E-state index contributed by atoms with van der Waals surface area (Å²) in [7, 11) is 0. The summed E-state index contributed by atoms with van der Waals surface area (Å²) in [5.41, 5.74) is 5.92. The summed E-state index contributed by atoms with van der Waals surface area (Å²) in [5.74, 6) is 0.426. The van der Waals surface area contributed by atoms with E-state index in [-0.39, 0.29) is 0 Å². The van der Waals surface area contributed by atoms with Gasteiger partial charge >= 0.3 is 0 Å². The van der Waals surface area contributed by atoms with Gasteiger partial charge in [-0.25, -0.2) is 10.9 Å². The molecule has 9 heavy (non-hydrogen) atoms. The van der Waals surface area contributed by atoms with Gasteiger partial charge in [0.25, 0.3) is 0 Å². The normalized spacial score (nSPS) is 39.1. The second-order valence-electron chi connectivity index (χ2n) is 2.24. The van der Waals surface area contributed by atoms with E-state index >= 15 is 0 Å². The van der Waals surface area contributed by atoms with E-state index in [0.717, 1.165) is 0 Å². The van der Waals surface area contributed by atoms with Gasteiger partial charge in [0.05, 0.1) is 6.54 Å². The third-order valence-electron chi connectivity index (χ3n) is 1.61.